The molecule has 0 aliphatic heterocycles. The van der Waals surface area contributed by atoms with E-state index in [9.17, 15) is 12.8 Å². The summed E-state index contributed by atoms with van der Waals surface area (Å²) in [6.45, 7) is 2.35. The van der Waals surface area contributed by atoms with Crippen molar-refractivity contribution in [3.05, 3.63) is 71.2 Å². The number of hydrogen-bond donors (Lipinski definition) is 2. The van der Waals surface area contributed by atoms with Crippen LogP contribution in [0.3, 0.4) is 0 Å². The van der Waals surface area contributed by atoms with Crippen LogP contribution < -0.4 is 11.5 Å². The predicted molar refractivity (Wildman–Crippen MR) is 139 cm³/mol. The number of nitrogen functional groups attached to an aromatic ring is 1. The van der Waals surface area contributed by atoms with E-state index in [0.29, 0.717) is 11.9 Å². The lowest BCUT2D eigenvalue weighted by atomic mass is 9.82. The van der Waals surface area contributed by atoms with Gasteiger partial charge in [-0.2, -0.15) is 5.10 Å². The molecular weight excluding hydrogens is 515 g/mol. The molecule has 0 saturated heterocycles. The van der Waals surface area contributed by atoms with E-state index in [1.165, 1.54) is 12.1 Å². The van der Waals surface area contributed by atoms with E-state index in [4.69, 9.17) is 11.5 Å². The van der Waals surface area contributed by atoms with E-state index >= 15 is 8.78 Å². The molecule has 0 bridgehead atoms. The predicted octanol–water partition coefficient (Wildman–Crippen LogP) is 5.08. The Balaban J connectivity index is 1.59. The second-order valence-corrected chi connectivity index (χ2v) is 11.7. The van der Waals surface area contributed by atoms with Crippen LogP contribution in [-0.4, -0.2) is 29.2 Å². The van der Waals surface area contributed by atoms with Crippen molar-refractivity contribution in [3.63, 3.8) is 0 Å². The van der Waals surface area contributed by atoms with Crippen LogP contribution in [0.15, 0.2) is 47.5 Å². The minimum atomic E-state index is -4.26. The number of nitrogens with two attached hydrogens (primary N) is 2. The normalized spacial score (nSPS) is 18.2. The summed E-state index contributed by atoms with van der Waals surface area (Å²) >= 11 is 0. The highest BCUT2D eigenvalue weighted by Gasteiger charge is 2.28. The summed E-state index contributed by atoms with van der Waals surface area (Å²) in [4.78, 5) is 3.78. The van der Waals surface area contributed by atoms with Crippen LogP contribution in [0.25, 0.3) is 22.2 Å². The van der Waals surface area contributed by atoms with Crippen LogP contribution in [-0.2, 0) is 22.1 Å². The summed E-state index contributed by atoms with van der Waals surface area (Å²) in [6, 6.07) is 6.68. The molecule has 0 atom stereocenters. The van der Waals surface area contributed by atoms with Gasteiger partial charge in [0.15, 0.2) is 9.84 Å². The first-order valence-electron chi connectivity index (χ1n) is 12.5. The van der Waals surface area contributed by atoms with Gasteiger partial charge in [0.25, 0.3) is 0 Å². The number of nitrogens with zero attached hydrogens (tertiary/aromatic N) is 3. The number of sulfone groups is 1. The molecule has 1 aliphatic carbocycles. The van der Waals surface area contributed by atoms with Crippen LogP contribution in [0, 0.1) is 17.5 Å². The van der Waals surface area contributed by atoms with Crippen molar-refractivity contribution < 1.29 is 21.6 Å². The van der Waals surface area contributed by atoms with Crippen molar-refractivity contribution in [1.29, 1.82) is 0 Å². The van der Waals surface area contributed by atoms with Crippen molar-refractivity contribution in [1.82, 2.24) is 14.8 Å². The van der Waals surface area contributed by atoms with E-state index in [-0.39, 0.29) is 29.0 Å². The zero-order chi connectivity index (χ0) is 27.2. The number of hydrogen-bond acceptors (Lipinski definition) is 6. The fourth-order valence-electron chi connectivity index (χ4n) is 5.27. The summed E-state index contributed by atoms with van der Waals surface area (Å²) < 4.78 is 72.0. The fraction of sp³-hybridized carbons (Fsp3) is 0.333. The van der Waals surface area contributed by atoms with Gasteiger partial charge in [-0.05, 0) is 68.4 Å². The molecule has 11 heteroatoms. The zero-order valence-corrected chi connectivity index (χ0v) is 21.6. The van der Waals surface area contributed by atoms with Crippen molar-refractivity contribution in [2.24, 2.45) is 5.73 Å². The van der Waals surface area contributed by atoms with Crippen LogP contribution in [0.5, 0.6) is 0 Å². The van der Waals surface area contributed by atoms with Crippen LogP contribution in [0.1, 0.15) is 49.7 Å². The van der Waals surface area contributed by atoms with E-state index in [0.717, 1.165) is 61.0 Å². The first-order chi connectivity index (χ1) is 18.1. The number of pyridine rings is 1. The monoisotopic (exact) mass is 543 g/mol. The zero-order valence-electron chi connectivity index (χ0n) is 20.8. The Hall–Kier alpha value is -3.44. The maximum Gasteiger partial charge on any atom is 0.185 e. The minimum absolute atomic E-state index is 0.126. The fourth-order valence-corrected chi connectivity index (χ4v) is 6.71. The third-order valence-electron chi connectivity index (χ3n) is 7.24. The van der Waals surface area contributed by atoms with Crippen molar-refractivity contribution in [2.75, 3.05) is 5.73 Å². The van der Waals surface area contributed by atoms with E-state index in [2.05, 4.69) is 10.1 Å². The molecule has 0 spiro atoms. The molecular formula is C27H28F3N5O2S. The van der Waals surface area contributed by atoms with Gasteiger partial charge in [-0.15, -0.1) is 0 Å². The summed E-state index contributed by atoms with van der Waals surface area (Å²) in [6.07, 6.45) is 5.23. The Bertz CT molecular complexity index is 1630. The molecule has 4 N–H and O–H groups in total. The molecule has 0 unspecified atom stereocenters. The Morgan fingerprint density at radius 1 is 1.03 bits per heavy atom. The standard InChI is InChI=1S/C27H28F3N5O2S/c1-2-35-26-19(15-7-9-17(31)10-8-15)13-33-27(32)24(26)25(34-35)18-12-21(29)16(11-22(18)30)14-38(36,37)23-6-4-3-5-20(23)28/h3-6,11-13,15,17H,2,7-10,14,31H2,1H3,(H2,32,33). The third kappa shape index (κ3) is 4.64. The van der Waals surface area contributed by atoms with Crippen molar-refractivity contribution >= 4 is 26.6 Å². The lowest BCUT2D eigenvalue weighted by Gasteiger charge is -2.27. The molecule has 200 valence electrons. The molecule has 7 nitrogen and oxygen atoms in total. The molecule has 1 aliphatic rings. The number of anilines is 1. The Morgan fingerprint density at radius 2 is 1.74 bits per heavy atom. The van der Waals surface area contributed by atoms with Gasteiger partial charge >= 0.3 is 0 Å². The summed E-state index contributed by atoms with van der Waals surface area (Å²) in [5.74, 6) is -3.37. The van der Waals surface area contributed by atoms with E-state index in [1.807, 2.05) is 6.92 Å². The molecule has 0 amide bonds. The van der Waals surface area contributed by atoms with Gasteiger partial charge in [0.1, 0.15) is 33.9 Å². The Morgan fingerprint density at radius 3 is 2.42 bits per heavy atom. The third-order valence-corrected chi connectivity index (χ3v) is 8.94. The molecule has 5 rings (SSSR count). The highest BCUT2D eigenvalue weighted by Crippen LogP contribution is 2.41. The molecule has 2 aromatic heterocycles. The second kappa shape index (κ2) is 10.0. The van der Waals surface area contributed by atoms with Crippen LogP contribution >= 0.6 is 0 Å². The maximum absolute atomic E-state index is 15.5. The van der Waals surface area contributed by atoms with E-state index < -0.39 is 43.5 Å². The maximum atomic E-state index is 15.5. The Kier molecular flexibility index (Phi) is 6.91. The van der Waals surface area contributed by atoms with E-state index in [1.54, 1.807) is 10.9 Å². The number of aromatic nitrogens is 3. The number of benzene rings is 2. The summed E-state index contributed by atoms with van der Waals surface area (Å²) in [5.41, 5.74) is 13.5. The highest BCUT2D eigenvalue weighted by atomic mass is 32.2. The quantitative estimate of drug-likeness (QED) is 0.350. The molecule has 2 aromatic carbocycles. The lowest BCUT2D eigenvalue weighted by Crippen LogP contribution is -2.26. The number of fused-ring (bicyclic) bond motifs is 1. The Labute approximate surface area is 218 Å². The van der Waals surface area contributed by atoms with Crippen molar-refractivity contribution in [3.8, 4) is 11.3 Å². The highest BCUT2D eigenvalue weighted by molar-refractivity contribution is 7.90. The number of rotatable bonds is 6. The summed E-state index contributed by atoms with van der Waals surface area (Å²) in [5, 5.41) is 4.99. The van der Waals surface area contributed by atoms with Crippen LogP contribution in [0.4, 0.5) is 19.0 Å². The van der Waals surface area contributed by atoms with Gasteiger partial charge in [-0.25, -0.2) is 26.6 Å². The summed E-state index contributed by atoms with van der Waals surface area (Å²) in [7, 11) is -4.26. The molecule has 38 heavy (non-hydrogen) atoms. The first-order valence-corrected chi connectivity index (χ1v) is 14.1. The lowest BCUT2D eigenvalue weighted by molar-refractivity contribution is 0.395. The van der Waals surface area contributed by atoms with Crippen molar-refractivity contribution in [2.45, 2.75) is 61.8 Å². The average molecular weight is 544 g/mol. The minimum Gasteiger partial charge on any atom is -0.383 e. The molecule has 1 fully saturated rings. The topological polar surface area (TPSA) is 117 Å². The SMILES string of the molecule is CCn1nc(-c2cc(F)c(CS(=O)(=O)c3ccccc3F)cc2F)c2c(N)ncc(C3CCC(N)CC3)c21. The van der Waals surface area contributed by atoms with Gasteiger partial charge in [0.2, 0.25) is 0 Å². The number of halogens is 3. The molecule has 2 heterocycles. The van der Waals surface area contributed by atoms with Crippen LogP contribution in [0.2, 0.25) is 0 Å². The average Bonchev–Trinajstić information content (AvgIpc) is 3.27. The number of aryl methyl sites for hydroxylation is 1. The van der Waals surface area contributed by atoms with Gasteiger partial charge in [0.05, 0.1) is 16.7 Å². The van der Waals surface area contributed by atoms with Gasteiger partial charge in [0, 0.05) is 29.9 Å². The largest absolute Gasteiger partial charge is 0.383 e. The molecule has 1 saturated carbocycles. The molecule has 0 radical (unpaired) electrons. The van der Waals surface area contributed by atoms with Gasteiger partial charge < -0.3 is 11.5 Å². The second-order valence-electron chi connectivity index (χ2n) is 9.71. The molecule has 4 aromatic rings. The smallest absolute Gasteiger partial charge is 0.185 e. The van der Waals surface area contributed by atoms with Gasteiger partial charge in [-0.3, -0.25) is 4.68 Å². The van der Waals surface area contributed by atoms with Gasteiger partial charge in [-0.1, -0.05) is 12.1 Å². The first kappa shape index (κ1) is 26.2.